The van der Waals surface area contributed by atoms with E-state index < -0.39 is 5.41 Å². The molecule has 0 N–H and O–H groups in total. The molecule has 4 heteroatoms. The van der Waals surface area contributed by atoms with Crippen LogP contribution in [0.2, 0.25) is 0 Å². The second-order valence-corrected chi connectivity index (χ2v) is 16.3. The molecule has 2 heterocycles. The largest absolute Gasteiger partial charge is 0.454 e. The van der Waals surface area contributed by atoms with Gasteiger partial charge in [0, 0.05) is 48.9 Å². The van der Waals surface area contributed by atoms with Gasteiger partial charge in [-0.1, -0.05) is 157 Å². The minimum absolute atomic E-state index is 0.503. The molecule has 278 valence electrons. The zero-order valence-electron chi connectivity index (χ0n) is 32.0. The Bertz CT molecular complexity index is 3140. The van der Waals surface area contributed by atoms with Crippen LogP contribution in [-0.4, -0.2) is 0 Å². The standard InChI is InChI=1S/C55H36N2OS/c1-3-18-37(19-4-1)56(38-20-5-2-6-21-38)39-22-15-23-40(36-39)57(49-32-16-26-42-41-24-8-12-33-50(41)58-54(42)49)48-31-17-30-47-53(48)43-25-7-9-27-44(43)55(47)45-28-10-13-34-51(45)59-52-35-14-11-29-46(52)55/h1-36H. The van der Waals surface area contributed by atoms with Crippen LogP contribution in [0.1, 0.15) is 22.3 Å². The van der Waals surface area contributed by atoms with Gasteiger partial charge in [-0.25, -0.2) is 0 Å². The second-order valence-electron chi connectivity index (χ2n) is 15.2. The number of furan rings is 1. The summed E-state index contributed by atoms with van der Waals surface area (Å²) >= 11 is 1.87. The van der Waals surface area contributed by atoms with Gasteiger partial charge in [-0.3, -0.25) is 0 Å². The molecular weight excluding hydrogens is 737 g/mol. The van der Waals surface area contributed by atoms with Crippen LogP contribution in [0.3, 0.4) is 0 Å². The first-order valence-corrected chi connectivity index (χ1v) is 20.9. The smallest absolute Gasteiger partial charge is 0.159 e. The molecule has 10 aromatic rings. The lowest BCUT2D eigenvalue weighted by molar-refractivity contribution is 0.669. The van der Waals surface area contributed by atoms with Crippen LogP contribution in [-0.2, 0) is 5.41 Å². The fourth-order valence-corrected chi connectivity index (χ4v) is 11.0. The molecule has 0 atom stereocenters. The van der Waals surface area contributed by atoms with Gasteiger partial charge < -0.3 is 14.2 Å². The summed E-state index contributed by atoms with van der Waals surface area (Å²) in [4.78, 5) is 7.35. The van der Waals surface area contributed by atoms with Crippen LogP contribution in [0.25, 0.3) is 33.1 Å². The molecule has 0 fully saturated rings. The lowest BCUT2D eigenvalue weighted by Crippen LogP contribution is -2.32. The fraction of sp³-hybridized carbons (Fsp3) is 0.0182. The van der Waals surface area contributed by atoms with Gasteiger partial charge in [0.1, 0.15) is 5.58 Å². The predicted molar refractivity (Wildman–Crippen MR) is 245 cm³/mol. The predicted octanol–water partition coefficient (Wildman–Crippen LogP) is 15.4. The monoisotopic (exact) mass is 772 g/mol. The van der Waals surface area contributed by atoms with E-state index >= 15 is 0 Å². The molecule has 0 radical (unpaired) electrons. The number of para-hydroxylation sites is 4. The van der Waals surface area contributed by atoms with E-state index in [1.54, 1.807) is 0 Å². The van der Waals surface area contributed by atoms with Crippen LogP contribution in [0.4, 0.5) is 34.1 Å². The average molecular weight is 773 g/mol. The Morgan fingerprint density at radius 1 is 0.373 bits per heavy atom. The van der Waals surface area contributed by atoms with Gasteiger partial charge in [0.15, 0.2) is 5.58 Å². The van der Waals surface area contributed by atoms with Gasteiger partial charge in [0.2, 0.25) is 0 Å². The van der Waals surface area contributed by atoms with E-state index in [1.165, 1.54) is 43.2 Å². The van der Waals surface area contributed by atoms with E-state index in [-0.39, 0.29) is 0 Å². The Balaban J connectivity index is 1.17. The Hall–Kier alpha value is -7.27. The van der Waals surface area contributed by atoms with Crippen molar-refractivity contribution in [3.8, 4) is 11.1 Å². The molecule has 0 saturated carbocycles. The third-order valence-electron chi connectivity index (χ3n) is 12.1. The second kappa shape index (κ2) is 13.4. The molecule has 0 bridgehead atoms. The topological polar surface area (TPSA) is 19.6 Å². The van der Waals surface area contributed by atoms with Crippen molar-refractivity contribution >= 4 is 67.8 Å². The van der Waals surface area contributed by atoms with E-state index in [0.717, 1.165) is 56.1 Å². The molecule has 1 aromatic heterocycles. The quantitative estimate of drug-likeness (QED) is 0.168. The van der Waals surface area contributed by atoms with Gasteiger partial charge in [-0.05, 0) is 101 Å². The maximum Gasteiger partial charge on any atom is 0.159 e. The Kier molecular flexibility index (Phi) is 7.69. The highest BCUT2D eigenvalue weighted by Gasteiger charge is 2.51. The van der Waals surface area contributed by atoms with Crippen molar-refractivity contribution < 1.29 is 4.42 Å². The molecule has 0 amide bonds. The number of rotatable bonds is 6. The molecule has 0 unspecified atom stereocenters. The van der Waals surface area contributed by atoms with E-state index in [1.807, 2.05) is 17.8 Å². The maximum atomic E-state index is 6.86. The first-order valence-electron chi connectivity index (χ1n) is 20.1. The summed E-state index contributed by atoms with van der Waals surface area (Å²) in [6, 6.07) is 79.1. The third-order valence-corrected chi connectivity index (χ3v) is 13.2. The van der Waals surface area contributed by atoms with Crippen molar-refractivity contribution in [1.82, 2.24) is 0 Å². The molecule has 1 aliphatic carbocycles. The zero-order valence-corrected chi connectivity index (χ0v) is 32.8. The summed E-state index contributed by atoms with van der Waals surface area (Å²) in [5.74, 6) is 0. The van der Waals surface area contributed by atoms with Crippen LogP contribution in [0.15, 0.2) is 233 Å². The van der Waals surface area contributed by atoms with Gasteiger partial charge in [-0.15, -0.1) is 0 Å². The Morgan fingerprint density at radius 3 is 1.61 bits per heavy atom. The molecule has 9 aromatic carbocycles. The van der Waals surface area contributed by atoms with E-state index in [4.69, 9.17) is 4.42 Å². The number of fused-ring (bicyclic) bond motifs is 12. The van der Waals surface area contributed by atoms with Crippen LogP contribution in [0.5, 0.6) is 0 Å². The molecule has 2 aliphatic rings. The van der Waals surface area contributed by atoms with Gasteiger partial charge in [0.05, 0.1) is 16.8 Å². The van der Waals surface area contributed by atoms with Crippen molar-refractivity contribution in [1.29, 1.82) is 0 Å². The highest BCUT2D eigenvalue weighted by molar-refractivity contribution is 7.99. The van der Waals surface area contributed by atoms with Gasteiger partial charge in [-0.2, -0.15) is 0 Å². The normalized spacial score (nSPS) is 13.2. The van der Waals surface area contributed by atoms with Crippen LogP contribution < -0.4 is 9.80 Å². The number of nitrogens with zero attached hydrogens (tertiary/aromatic N) is 2. The van der Waals surface area contributed by atoms with Crippen molar-refractivity contribution in [2.24, 2.45) is 0 Å². The maximum absolute atomic E-state index is 6.86. The van der Waals surface area contributed by atoms with Crippen molar-refractivity contribution in [3.63, 3.8) is 0 Å². The third kappa shape index (κ3) is 5.03. The molecule has 1 aliphatic heterocycles. The highest BCUT2D eigenvalue weighted by atomic mass is 32.2. The summed E-state index contributed by atoms with van der Waals surface area (Å²) < 4.78 is 6.86. The fourth-order valence-electron chi connectivity index (χ4n) is 9.76. The summed E-state index contributed by atoms with van der Waals surface area (Å²) in [6.45, 7) is 0. The SMILES string of the molecule is c1ccc(N(c2ccccc2)c2cccc(N(c3cccc4c3-c3ccccc3C43c4ccccc4Sc4ccccc43)c3cccc4c3oc3ccccc34)c2)cc1. The Labute approximate surface area is 347 Å². The van der Waals surface area contributed by atoms with Crippen LogP contribution in [0, 0.1) is 0 Å². The van der Waals surface area contributed by atoms with Gasteiger partial charge >= 0.3 is 0 Å². The minimum Gasteiger partial charge on any atom is -0.454 e. The van der Waals surface area contributed by atoms with E-state index in [0.29, 0.717) is 0 Å². The molecule has 3 nitrogen and oxygen atoms in total. The summed E-state index contributed by atoms with van der Waals surface area (Å²) in [5, 5.41) is 2.19. The first kappa shape index (κ1) is 33.8. The summed E-state index contributed by atoms with van der Waals surface area (Å²) in [6.07, 6.45) is 0. The lowest BCUT2D eigenvalue weighted by atomic mass is 9.67. The number of benzene rings is 9. The average Bonchev–Trinajstić information content (AvgIpc) is 3.83. The zero-order chi connectivity index (χ0) is 38.9. The Morgan fingerprint density at radius 2 is 0.881 bits per heavy atom. The highest BCUT2D eigenvalue weighted by Crippen LogP contribution is 2.64. The van der Waals surface area contributed by atoms with Crippen molar-refractivity contribution in [3.05, 3.63) is 241 Å². The van der Waals surface area contributed by atoms with Gasteiger partial charge in [0.25, 0.3) is 0 Å². The number of hydrogen-bond acceptors (Lipinski definition) is 4. The number of hydrogen-bond donors (Lipinski definition) is 0. The summed E-state index contributed by atoms with van der Waals surface area (Å²) in [7, 11) is 0. The van der Waals surface area contributed by atoms with Crippen molar-refractivity contribution in [2.75, 3.05) is 9.80 Å². The number of anilines is 6. The van der Waals surface area contributed by atoms with E-state index in [2.05, 4.69) is 222 Å². The molecule has 59 heavy (non-hydrogen) atoms. The minimum atomic E-state index is -0.503. The summed E-state index contributed by atoms with van der Waals surface area (Å²) in [5.41, 5.74) is 15.2. The first-order chi connectivity index (χ1) is 29.3. The molecule has 1 spiro atoms. The molecular formula is C55H36N2OS. The van der Waals surface area contributed by atoms with Crippen molar-refractivity contribution in [2.45, 2.75) is 15.2 Å². The van der Waals surface area contributed by atoms with E-state index in [9.17, 15) is 0 Å². The van der Waals surface area contributed by atoms with Crippen LogP contribution >= 0.6 is 11.8 Å². The lowest BCUT2D eigenvalue weighted by Gasteiger charge is -2.39. The molecule has 0 saturated heterocycles. The molecule has 12 rings (SSSR count).